The van der Waals surface area contributed by atoms with E-state index in [2.05, 4.69) is 85.5 Å². The van der Waals surface area contributed by atoms with E-state index < -0.39 is 31.9 Å². The van der Waals surface area contributed by atoms with Crippen molar-refractivity contribution >= 4 is 95.2 Å². The molecular formula is C57H72Cl2K2N12O11S4. The van der Waals surface area contributed by atoms with Gasteiger partial charge < -0.3 is 31.3 Å². The number of anilines is 1. The van der Waals surface area contributed by atoms with Gasteiger partial charge in [0.2, 0.25) is 11.8 Å². The molecule has 23 nitrogen and oxygen atoms in total. The first-order chi connectivity index (χ1) is 39.1. The van der Waals surface area contributed by atoms with E-state index in [0.29, 0.717) is 60.4 Å². The number of amides is 2. The van der Waals surface area contributed by atoms with E-state index in [1.54, 1.807) is 53.5 Å². The third kappa shape index (κ3) is 22.0. The summed E-state index contributed by atoms with van der Waals surface area (Å²) in [6, 6.07) is 24.4. The van der Waals surface area contributed by atoms with Crippen LogP contribution in [0.3, 0.4) is 0 Å². The van der Waals surface area contributed by atoms with Crippen LogP contribution < -0.4 is 137 Å². The summed E-state index contributed by atoms with van der Waals surface area (Å²) in [6.07, 6.45) is 10.1. The van der Waals surface area contributed by atoms with Gasteiger partial charge in [0.15, 0.2) is 11.6 Å². The number of hydrogen-bond acceptors (Lipinski definition) is 19. The van der Waals surface area contributed by atoms with Gasteiger partial charge in [0.25, 0.3) is 38.3 Å². The summed E-state index contributed by atoms with van der Waals surface area (Å²) in [6.45, 7) is 20.3. The number of aromatic nitrogens is 6. The van der Waals surface area contributed by atoms with Crippen molar-refractivity contribution in [1.29, 1.82) is 10.5 Å². The maximum atomic E-state index is 13.5. The molecule has 2 aliphatic heterocycles. The van der Waals surface area contributed by atoms with Gasteiger partial charge in [-0.1, -0.05) is 63.6 Å². The summed E-state index contributed by atoms with van der Waals surface area (Å²) in [5, 5.41) is 39.0. The number of carbonyl (C=O) groups is 3. The molecule has 6 heterocycles. The second kappa shape index (κ2) is 34.3. The topological polar surface area (TPSA) is 319 Å². The van der Waals surface area contributed by atoms with Crippen LogP contribution in [0.1, 0.15) is 127 Å². The fraction of sp³-hybridized carbons (Fsp3) is 0.421. The van der Waals surface area contributed by atoms with Gasteiger partial charge in [-0.3, -0.25) is 14.4 Å². The second-order valence-corrected chi connectivity index (χ2v) is 26.7. The molecule has 0 unspecified atom stereocenters. The number of halogens is 2. The molecule has 2 saturated heterocycles. The van der Waals surface area contributed by atoms with Crippen molar-refractivity contribution < 1.29 is 155 Å². The number of nitriles is 2. The standard InChI is InChI=1S/C28H32N6O4S.C21H18ClN5O4S.C7H15N.CH2O3.ClH.2K.2H2S.H/c1-19-15-27(2,3)33(17-19)25-21(26(35)32-39(36,37)22-8-6-5-7-20(22)16-29)9-10-23(30-25)34-14-11-24(31-34)38-18-28(4)12-13-28;1-21(9-10-21)13-31-18-8-11-27(25-18)17-7-6-15(19(22)24-17)20(28)26-32(29,30)16-5-3-2-4-14(16)12-23;1-6-4-7(2,3)8-5-6;2-1-4-3;;;;;;/h5-11,14,19H,12-13,15,17-18H2,1-4H3,(H,32,35);2-8,11H,9-10,13H2,1H3,(H,26,28);6,8H,4-5H2,1-3H3;1,3H;1H;;;2*1H2;/q;;;;;2*+1;;;-1/p-1/t19-;;6-;;;;;;;/m0.0......./s1. The molecule has 2 aliphatic carbocycles. The van der Waals surface area contributed by atoms with Gasteiger partial charge >= 0.3 is 103 Å². The van der Waals surface area contributed by atoms with Crippen LogP contribution in [0.5, 0.6) is 11.8 Å². The van der Waals surface area contributed by atoms with E-state index in [9.17, 15) is 31.7 Å². The first kappa shape index (κ1) is 80.4. The van der Waals surface area contributed by atoms with Crippen LogP contribution in [-0.2, 0) is 29.7 Å². The minimum absolute atomic E-state index is 0. The molecule has 2 atom stereocenters. The van der Waals surface area contributed by atoms with E-state index in [1.165, 1.54) is 72.2 Å². The first-order valence-electron chi connectivity index (χ1n) is 26.6. The molecule has 88 heavy (non-hydrogen) atoms. The molecular weight excluding hydrogens is 1310 g/mol. The van der Waals surface area contributed by atoms with Gasteiger partial charge in [0.05, 0.1) is 35.5 Å². The van der Waals surface area contributed by atoms with E-state index in [0.717, 1.165) is 38.0 Å². The fourth-order valence-electron chi connectivity index (χ4n) is 9.38. The van der Waals surface area contributed by atoms with Gasteiger partial charge in [-0.15, -0.1) is 22.6 Å². The summed E-state index contributed by atoms with van der Waals surface area (Å²) < 4.78 is 70.0. The summed E-state index contributed by atoms with van der Waals surface area (Å²) >= 11 is 6.15. The molecule has 2 saturated carbocycles. The Labute approximate surface area is 625 Å². The molecule has 4 aromatic heterocycles. The van der Waals surface area contributed by atoms with Crippen molar-refractivity contribution in [2.24, 2.45) is 22.7 Å². The van der Waals surface area contributed by atoms with Gasteiger partial charge in [0, 0.05) is 53.0 Å². The van der Waals surface area contributed by atoms with Crippen molar-refractivity contribution in [1.82, 2.24) is 44.3 Å². The third-order valence-electron chi connectivity index (χ3n) is 14.3. The molecule has 0 spiro atoms. The number of pyridine rings is 2. The maximum Gasteiger partial charge on any atom is 1.00 e. The Morgan fingerprint density at radius 3 is 1.51 bits per heavy atom. The molecule has 3 N–H and O–H groups in total. The van der Waals surface area contributed by atoms with Crippen LogP contribution in [0.4, 0.5) is 5.82 Å². The molecule has 0 bridgehead atoms. The van der Waals surface area contributed by atoms with E-state index >= 15 is 0 Å². The zero-order valence-electron chi connectivity index (χ0n) is 51.7. The Hall–Kier alpha value is -3.68. The average Bonchev–Trinajstić information content (AvgIpc) is 1.90. The summed E-state index contributed by atoms with van der Waals surface area (Å²) in [5.41, 5.74) is 0.380. The summed E-state index contributed by atoms with van der Waals surface area (Å²) in [5.74, 6) is 1.54. The molecule has 6 aromatic rings. The smallest absolute Gasteiger partial charge is 1.00 e. The normalized spacial score (nSPS) is 17.3. The zero-order chi connectivity index (χ0) is 60.5. The summed E-state index contributed by atoms with van der Waals surface area (Å²) in [4.78, 5) is 47.7. The van der Waals surface area contributed by atoms with Crippen molar-refractivity contribution in [3.05, 3.63) is 125 Å². The average molecular weight is 1380 g/mol. The molecule has 4 fully saturated rings. The van der Waals surface area contributed by atoms with Crippen molar-refractivity contribution in [2.45, 2.75) is 115 Å². The van der Waals surface area contributed by atoms with Crippen molar-refractivity contribution in [3.8, 4) is 35.5 Å². The number of carbonyl (C=O) groups excluding carboxylic acids is 3. The fourth-order valence-corrected chi connectivity index (χ4v) is 11.9. The zero-order valence-corrected chi connectivity index (χ0v) is 62.1. The number of sulfonamides is 2. The van der Waals surface area contributed by atoms with Crippen LogP contribution in [0.25, 0.3) is 11.6 Å². The third-order valence-corrected chi connectivity index (χ3v) is 17.4. The minimum Gasteiger partial charge on any atom is -1.00 e. The van der Waals surface area contributed by atoms with E-state index in [1.807, 2.05) is 15.7 Å². The van der Waals surface area contributed by atoms with Gasteiger partial charge in [0.1, 0.15) is 32.9 Å². The molecule has 4 aliphatic rings. The molecule has 31 heteroatoms. The molecule has 10 rings (SSSR count). The number of nitrogens with one attached hydrogen (secondary N) is 3. The Morgan fingerprint density at radius 2 is 1.15 bits per heavy atom. The number of nitrogens with zero attached hydrogens (tertiary/aromatic N) is 9. The quantitative estimate of drug-likeness (QED) is 0.0409. The number of hydrogen-bond donors (Lipinski definition) is 3. The second-order valence-electron chi connectivity index (χ2n) is 23.0. The number of rotatable bonds is 16. The summed E-state index contributed by atoms with van der Waals surface area (Å²) in [7, 11) is -8.59. The largest absolute Gasteiger partial charge is 1.00 e. The molecule has 0 radical (unpaired) electrons. The Balaban J connectivity index is 0.000000716. The van der Waals surface area contributed by atoms with E-state index in [-0.39, 0.29) is 204 Å². The van der Waals surface area contributed by atoms with Crippen LogP contribution in [0.2, 0.25) is 5.15 Å². The van der Waals surface area contributed by atoms with Crippen LogP contribution in [0, 0.1) is 45.3 Å². The predicted octanol–water partition coefficient (Wildman–Crippen LogP) is 1.75. The van der Waals surface area contributed by atoms with Gasteiger partial charge in [-0.05, 0) is 133 Å². The maximum absolute atomic E-state index is 13.5. The van der Waals surface area contributed by atoms with Crippen LogP contribution in [0.15, 0.2) is 107 Å². The number of benzene rings is 2. The Morgan fingerprint density at radius 1 is 0.716 bits per heavy atom. The molecule has 2 aromatic carbocycles. The van der Waals surface area contributed by atoms with Gasteiger partial charge in [-0.25, -0.2) is 45.6 Å². The predicted molar refractivity (Wildman–Crippen MR) is 332 cm³/mol. The molecule has 2 amide bonds. The first-order valence-corrected chi connectivity index (χ1v) is 29.9. The van der Waals surface area contributed by atoms with Gasteiger partial charge in [-0.2, -0.15) is 37.5 Å². The van der Waals surface area contributed by atoms with Crippen molar-refractivity contribution in [3.63, 3.8) is 0 Å². The number of ether oxygens (including phenoxy) is 2. The molecule has 466 valence electrons. The van der Waals surface area contributed by atoms with E-state index in [4.69, 9.17) is 41.4 Å². The van der Waals surface area contributed by atoms with Crippen LogP contribution >= 0.6 is 51.0 Å². The van der Waals surface area contributed by atoms with Crippen molar-refractivity contribution in [2.75, 3.05) is 31.2 Å². The Kier molecular flexibility index (Phi) is 31.3. The van der Waals surface area contributed by atoms with Crippen LogP contribution in [-0.4, -0.2) is 102 Å². The minimum atomic E-state index is -4.30. The SMILES string of the molecule is CC1(COc2ccn(-c3ccc(C(=O)NS(=O)(=O)c4ccccc4C#N)c(Cl)n3)n2)CC1.C[C@@H]1CN(c2nc(-n3ccc(OCC4(C)CC4)n3)ccc2C(=O)NS(=O)(=O)c2ccccc2C#N)C(C)(C)C1.C[C@@H]1CNC(C)(C)C1.Cl.O=CO[O-].S.S.[H-].[K+].[K+]. The monoisotopic (exact) mass is 1380 g/mol. The Bertz CT molecular complexity index is 3700.